The van der Waals surface area contributed by atoms with E-state index < -0.39 is 23.5 Å². The number of benzene rings is 3. The predicted molar refractivity (Wildman–Crippen MR) is 146 cm³/mol. The molecule has 0 bridgehead atoms. The van der Waals surface area contributed by atoms with E-state index in [1.807, 2.05) is 42.1 Å². The highest BCUT2D eigenvalue weighted by atomic mass is 35.5. The molecule has 1 atom stereocenters. The van der Waals surface area contributed by atoms with E-state index in [0.717, 1.165) is 10.9 Å². The Balaban J connectivity index is 1.57. The van der Waals surface area contributed by atoms with E-state index in [1.54, 1.807) is 36.4 Å². The zero-order chi connectivity index (χ0) is 26.7. The normalized spacial score (nSPS) is 15.7. The molecule has 0 aliphatic carbocycles. The number of fused-ring (bicyclic) bond motifs is 2. The Morgan fingerprint density at radius 2 is 1.82 bits per heavy atom. The average molecular weight is 547 g/mol. The number of furan rings is 1. The number of para-hydroxylation sites is 1. The van der Waals surface area contributed by atoms with Gasteiger partial charge in [0.1, 0.15) is 0 Å². The molecule has 1 aliphatic rings. The maximum atomic E-state index is 14.0. The molecule has 1 aliphatic heterocycles. The van der Waals surface area contributed by atoms with Crippen molar-refractivity contribution < 1.29 is 23.8 Å². The van der Waals surface area contributed by atoms with E-state index in [1.165, 1.54) is 18.1 Å². The van der Waals surface area contributed by atoms with Crippen LogP contribution in [0.25, 0.3) is 21.9 Å². The van der Waals surface area contributed by atoms with Crippen LogP contribution >= 0.6 is 23.2 Å². The number of carbonyl (C=O) groups is 2. The molecule has 3 heterocycles. The van der Waals surface area contributed by atoms with E-state index >= 15 is 0 Å². The summed E-state index contributed by atoms with van der Waals surface area (Å²) in [6.07, 6.45) is 1.85. The highest BCUT2D eigenvalue weighted by molar-refractivity contribution is 6.32. The first-order valence-electron chi connectivity index (χ1n) is 11.7. The molecule has 7 nitrogen and oxygen atoms in total. The lowest BCUT2D eigenvalue weighted by Crippen LogP contribution is -2.31. The van der Waals surface area contributed by atoms with Gasteiger partial charge >= 0.3 is 0 Å². The first-order valence-corrected chi connectivity index (χ1v) is 12.4. The molecule has 9 heteroatoms. The molecule has 0 fully saturated rings. The second-order valence-corrected chi connectivity index (χ2v) is 9.87. The minimum Gasteiger partial charge on any atom is -0.503 e. The third-order valence-corrected chi connectivity index (χ3v) is 7.21. The van der Waals surface area contributed by atoms with Gasteiger partial charge in [0, 0.05) is 56.9 Å². The average Bonchev–Trinajstić information content (AvgIpc) is 3.55. The molecular formula is C29H20Cl2N2O5. The zero-order valence-electron chi connectivity index (χ0n) is 20.2. The van der Waals surface area contributed by atoms with Crippen molar-refractivity contribution in [3.05, 3.63) is 106 Å². The van der Waals surface area contributed by atoms with E-state index in [4.69, 9.17) is 32.4 Å². The van der Waals surface area contributed by atoms with Gasteiger partial charge < -0.3 is 18.8 Å². The topological polar surface area (TPSA) is 84.9 Å². The molecule has 0 saturated carbocycles. The van der Waals surface area contributed by atoms with Gasteiger partial charge in [0.25, 0.3) is 5.91 Å². The van der Waals surface area contributed by atoms with Crippen LogP contribution in [0.15, 0.2) is 88.7 Å². The summed E-state index contributed by atoms with van der Waals surface area (Å²) in [4.78, 5) is 29.0. The fourth-order valence-electron chi connectivity index (χ4n) is 5.10. The van der Waals surface area contributed by atoms with Crippen LogP contribution in [0.1, 0.15) is 22.2 Å². The summed E-state index contributed by atoms with van der Waals surface area (Å²) in [6.45, 7) is 0. The van der Waals surface area contributed by atoms with Crippen molar-refractivity contribution in [1.29, 1.82) is 0 Å². The zero-order valence-corrected chi connectivity index (χ0v) is 21.7. The number of methoxy groups -OCH3 is 1. The number of hydrogen-bond donors (Lipinski definition) is 1. The third-order valence-electron chi connectivity index (χ3n) is 6.75. The van der Waals surface area contributed by atoms with Gasteiger partial charge in [0.05, 0.1) is 18.7 Å². The van der Waals surface area contributed by atoms with Gasteiger partial charge in [-0.25, -0.2) is 0 Å². The largest absolute Gasteiger partial charge is 0.503 e. The molecule has 38 heavy (non-hydrogen) atoms. The number of rotatable bonds is 5. The summed E-state index contributed by atoms with van der Waals surface area (Å²) in [5, 5.41) is 13.4. The molecule has 1 N–H and O–H groups in total. The van der Waals surface area contributed by atoms with Crippen molar-refractivity contribution >= 4 is 62.5 Å². The minimum atomic E-state index is -0.946. The first kappa shape index (κ1) is 24.2. The summed E-state index contributed by atoms with van der Waals surface area (Å²) >= 11 is 12.5. The Labute approximate surface area is 227 Å². The van der Waals surface area contributed by atoms with Gasteiger partial charge in [-0.05, 0) is 36.4 Å². The van der Waals surface area contributed by atoms with E-state index in [9.17, 15) is 14.7 Å². The van der Waals surface area contributed by atoms with Crippen LogP contribution in [0.5, 0.6) is 5.75 Å². The van der Waals surface area contributed by atoms with Crippen molar-refractivity contribution in [2.75, 3.05) is 12.0 Å². The molecule has 3 aromatic carbocycles. The number of aliphatic hydroxyl groups excluding tert-OH is 1. The Morgan fingerprint density at radius 1 is 1.03 bits per heavy atom. The predicted octanol–water partition coefficient (Wildman–Crippen LogP) is 7.02. The fourth-order valence-corrected chi connectivity index (χ4v) is 5.50. The molecule has 6 rings (SSSR count). The van der Waals surface area contributed by atoms with E-state index in [2.05, 4.69) is 0 Å². The van der Waals surface area contributed by atoms with E-state index in [-0.39, 0.29) is 11.3 Å². The molecule has 0 spiro atoms. The number of ether oxygens (including phenoxy) is 1. The number of halogens is 2. The van der Waals surface area contributed by atoms with Crippen LogP contribution in [0.3, 0.4) is 0 Å². The Bertz CT molecular complexity index is 1820. The number of aryl methyl sites for hydroxylation is 1. The lowest BCUT2D eigenvalue weighted by molar-refractivity contribution is -0.117. The number of anilines is 1. The second kappa shape index (κ2) is 8.97. The van der Waals surface area contributed by atoms with Crippen LogP contribution < -0.4 is 9.64 Å². The number of amides is 1. The van der Waals surface area contributed by atoms with E-state index in [0.29, 0.717) is 38.0 Å². The van der Waals surface area contributed by atoms with Crippen molar-refractivity contribution in [3.63, 3.8) is 0 Å². The van der Waals surface area contributed by atoms with Gasteiger partial charge in [-0.2, -0.15) is 0 Å². The van der Waals surface area contributed by atoms with Gasteiger partial charge in [0.2, 0.25) is 5.78 Å². The standard InChI is InChI=1S/C29H20Cl2N2O5/c1-32-14-20(19-8-3-4-9-21(19)32)25-24(27(35)29(36)33(25)18-7-5-6-16(30)12-18)26(34)22-11-15-10-17(31)13-23(37-2)28(15)38-22/h3-14,25,35H,1-2H3. The monoisotopic (exact) mass is 546 g/mol. The maximum absolute atomic E-state index is 14.0. The SMILES string of the molecule is COc1cc(Cl)cc2cc(C(=O)C3=C(O)C(=O)N(c4cccc(Cl)c4)C3c3cn(C)c4ccccc34)oc12. The summed E-state index contributed by atoms with van der Waals surface area (Å²) < 4.78 is 13.2. The lowest BCUT2D eigenvalue weighted by atomic mass is 9.94. The van der Waals surface area contributed by atoms with Gasteiger partial charge in [-0.3, -0.25) is 14.5 Å². The third kappa shape index (κ3) is 3.66. The quantitative estimate of drug-likeness (QED) is 0.239. The molecule has 1 unspecified atom stereocenters. The number of aliphatic hydroxyl groups is 1. The fraction of sp³-hybridized carbons (Fsp3) is 0.103. The molecule has 190 valence electrons. The summed E-state index contributed by atoms with van der Waals surface area (Å²) in [7, 11) is 3.35. The van der Waals surface area contributed by atoms with Crippen LogP contribution in [0.2, 0.25) is 10.0 Å². The molecule has 0 radical (unpaired) electrons. The number of nitrogens with zero attached hydrogens (tertiary/aromatic N) is 2. The summed E-state index contributed by atoms with van der Waals surface area (Å²) in [5.74, 6) is -1.71. The second-order valence-electron chi connectivity index (χ2n) is 9.00. The Kier molecular flexibility index (Phi) is 5.70. The van der Waals surface area contributed by atoms with Crippen molar-refractivity contribution in [2.45, 2.75) is 6.04 Å². The molecular weight excluding hydrogens is 527 g/mol. The molecule has 1 amide bonds. The Hall–Kier alpha value is -4.20. The number of Topliss-reactive ketones (excluding diaryl/α,β-unsaturated/α-hetero) is 1. The molecule has 0 saturated heterocycles. The maximum Gasteiger partial charge on any atom is 0.294 e. The molecule has 2 aromatic heterocycles. The summed E-state index contributed by atoms with van der Waals surface area (Å²) in [5.41, 5.74) is 2.24. The first-order chi connectivity index (χ1) is 18.3. The van der Waals surface area contributed by atoms with Crippen LogP contribution in [0.4, 0.5) is 5.69 Å². The van der Waals surface area contributed by atoms with Crippen molar-refractivity contribution in [1.82, 2.24) is 4.57 Å². The number of ketones is 1. The van der Waals surface area contributed by atoms with Gasteiger partial charge in [-0.1, -0.05) is 47.5 Å². The van der Waals surface area contributed by atoms with Crippen LogP contribution in [0, 0.1) is 0 Å². The highest BCUT2D eigenvalue weighted by Crippen LogP contribution is 2.45. The van der Waals surface area contributed by atoms with Crippen LogP contribution in [-0.2, 0) is 11.8 Å². The van der Waals surface area contributed by atoms with Gasteiger partial charge in [-0.15, -0.1) is 0 Å². The lowest BCUT2D eigenvalue weighted by Gasteiger charge is -2.26. The summed E-state index contributed by atoms with van der Waals surface area (Å²) in [6, 6.07) is 18.2. The number of carbonyl (C=O) groups excluding carboxylic acids is 2. The smallest absolute Gasteiger partial charge is 0.294 e. The number of aromatic nitrogens is 1. The minimum absolute atomic E-state index is 0.0619. The van der Waals surface area contributed by atoms with Crippen molar-refractivity contribution in [2.24, 2.45) is 7.05 Å². The highest BCUT2D eigenvalue weighted by Gasteiger charge is 2.46. The molecule has 5 aromatic rings. The van der Waals surface area contributed by atoms with Crippen molar-refractivity contribution in [3.8, 4) is 5.75 Å². The number of hydrogen-bond acceptors (Lipinski definition) is 5. The van der Waals surface area contributed by atoms with Gasteiger partial charge in [0.15, 0.2) is 22.9 Å². The Morgan fingerprint density at radius 3 is 2.58 bits per heavy atom. The van der Waals surface area contributed by atoms with Crippen LogP contribution in [-0.4, -0.2) is 28.5 Å².